The molecule has 0 saturated heterocycles. The molecular formula is C16H20N2O2S. The summed E-state index contributed by atoms with van der Waals surface area (Å²) in [6, 6.07) is 13.6. The molecule has 2 aromatic rings. The van der Waals surface area contributed by atoms with Crippen molar-refractivity contribution in [2.75, 3.05) is 16.3 Å². The smallest absolute Gasteiger partial charge is 0.229 e. The molecule has 0 aliphatic rings. The number of sulfonamides is 1. The molecule has 5 heteroatoms. The van der Waals surface area contributed by atoms with E-state index in [9.17, 15) is 8.42 Å². The van der Waals surface area contributed by atoms with Crippen molar-refractivity contribution in [3.05, 3.63) is 59.2 Å². The second-order valence-electron chi connectivity index (χ2n) is 5.20. The third kappa shape index (κ3) is 4.49. The Kier molecular flexibility index (Phi) is 4.53. The molecule has 0 bridgehead atoms. The van der Waals surface area contributed by atoms with Gasteiger partial charge in [0.25, 0.3) is 0 Å². The number of nitrogens with one attached hydrogen (secondary N) is 2. The van der Waals surface area contributed by atoms with Gasteiger partial charge in [0.15, 0.2) is 0 Å². The molecule has 0 amide bonds. The summed E-state index contributed by atoms with van der Waals surface area (Å²) in [5.41, 5.74) is 4.97. The molecule has 0 heterocycles. The maximum atomic E-state index is 11.4. The first-order valence-electron chi connectivity index (χ1n) is 6.72. The van der Waals surface area contributed by atoms with Crippen LogP contribution in [0, 0.1) is 13.8 Å². The third-order valence-corrected chi connectivity index (χ3v) is 3.78. The second kappa shape index (κ2) is 6.18. The van der Waals surface area contributed by atoms with Crippen molar-refractivity contribution < 1.29 is 8.42 Å². The Balaban J connectivity index is 2.16. The van der Waals surface area contributed by atoms with Crippen molar-refractivity contribution in [2.24, 2.45) is 0 Å². The van der Waals surface area contributed by atoms with Crippen LogP contribution >= 0.6 is 0 Å². The van der Waals surface area contributed by atoms with Crippen LogP contribution < -0.4 is 10.0 Å². The number of aryl methyl sites for hydroxylation is 2. The minimum absolute atomic E-state index is 0.560. The molecule has 2 rings (SSSR count). The molecular weight excluding hydrogens is 284 g/mol. The van der Waals surface area contributed by atoms with Crippen LogP contribution in [-0.4, -0.2) is 14.7 Å². The van der Waals surface area contributed by atoms with E-state index in [1.807, 2.05) is 12.1 Å². The van der Waals surface area contributed by atoms with Crippen molar-refractivity contribution >= 4 is 21.4 Å². The van der Waals surface area contributed by atoms with Gasteiger partial charge >= 0.3 is 0 Å². The lowest BCUT2D eigenvalue weighted by Gasteiger charge is -2.14. The average Bonchev–Trinajstić information content (AvgIpc) is 2.37. The van der Waals surface area contributed by atoms with Gasteiger partial charge in [-0.2, -0.15) is 0 Å². The van der Waals surface area contributed by atoms with Crippen molar-refractivity contribution in [1.82, 2.24) is 0 Å². The van der Waals surface area contributed by atoms with Gasteiger partial charge in [0.1, 0.15) is 0 Å². The van der Waals surface area contributed by atoms with Crippen LogP contribution in [0.2, 0.25) is 0 Å². The molecule has 0 aliphatic heterocycles. The first-order valence-corrected chi connectivity index (χ1v) is 8.61. The lowest BCUT2D eigenvalue weighted by molar-refractivity contribution is 0.607. The van der Waals surface area contributed by atoms with Gasteiger partial charge in [0, 0.05) is 6.54 Å². The first kappa shape index (κ1) is 15.4. The Labute approximate surface area is 126 Å². The van der Waals surface area contributed by atoms with Gasteiger partial charge in [-0.3, -0.25) is 4.72 Å². The Bertz CT molecular complexity index is 740. The molecule has 0 fully saturated rings. The monoisotopic (exact) mass is 304 g/mol. The standard InChI is InChI=1S/C16H20N2O2S/c1-12-8-9-14(13(2)10-12)11-17-15-6-4-5-7-16(15)18-21(3,19)20/h4-10,17-18H,11H2,1-3H3. The van der Waals surface area contributed by atoms with Gasteiger partial charge in [-0.15, -0.1) is 0 Å². The highest BCUT2D eigenvalue weighted by Crippen LogP contribution is 2.23. The predicted octanol–water partition coefficient (Wildman–Crippen LogP) is 3.29. The minimum Gasteiger partial charge on any atom is -0.379 e. The zero-order valence-corrected chi connectivity index (χ0v) is 13.3. The summed E-state index contributed by atoms with van der Waals surface area (Å²) in [5.74, 6) is 0. The highest BCUT2D eigenvalue weighted by Gasteiger charge is 2.07. The lowest BCUT2D eigenvalue weighted by atomic mass is 10.1. The summed E-state index contributed by atoms with van der Waals surface area (Å²) in [6.07, 6.45) is 1.15. The van der Waals surface area contributed by atoms with Crippen molar-refractivity contribution in [2.45, 2.75) is 20.4 Å². The summed E-state index contributed by atoms with van der Waals surface area (Å²) in [6.45, 7) is 4.79. The van der Waals surface area contributed by atoms with Crippen LogP contribution in [0.4, 0.5) is 11.4 Å². The van der Waals surface area contributed by atoms with E-state index >= 15 is 0 Å². The van der Waals surface area contributed by atoms with E-state index in [4.69, 9.17) is 0 Å². The molecule has 4 nitrogen and oxygen atoms in total. The minimum atomic E-state index is -3.29. The van der Waals surface area contributed by atoms with Crippen LogP contribution in [0.5, 0.6) is 0 Å². The van der Waals surface area contributed by atoms with Gasteiger partial charge in [0.05, 0.1) is 17.6 Å². The highest BCUT2D eigenvalue weighted by molar-refractivity contribution is 7.92. The first-order chi connectivity index (χ1) is 9.85. The molecule has 0 atom stereocenters. The van der Waals surface area contributed by atoms with Crippen molar-refractivity contribution in [3.8, 4) is 0 Å². The normalized spacial score (nSPS) is 11.2. The number of anilines is 2. The number of hydrogen-bond acceptors (Lipinski definition) is 3. The fourth-order valence-corrected chi connectivity index (χ4v) is 2.74. The molecule has 112 valence electrons. The third-order valence-electron chi connectivity index (χ3n) is 3.19. The summed E-state index contributed by atoms with van der Waals surface area (Å²) in [5, 5.41) is 3.29. The van der Waals surface area contributed by atoms with Gasteiger partial charge < -0.3 is 5.32 Å². The van der Waals surface area contributed by atoms with E-state index in [2.05, 4.69) is 42.1 Å². The molecule has 0 radical (unpaired) electrons. The topological polar surface area (TPSA) is 58.2 Å². The Hall–Kier alpha value is -2.01. The second-order valence-corrected chi connectivity index (χ2v) is 6.95. The molecule has 2 aromatic carbocycles. The summed E-state index contributed by atoms with van der Waals surface area (Å²) >= 11 is 0. The maximum Gasteiger partial charge on any atom is 0.229 e. The molecule has 2 N–H and O–H groups in total. The molecule has 0 aliphatic carbocycles. The maximum absolute atomic E-state index is 11.4. The number of benzene rings is 2. The van der Waals surface area contributed by atoms with Crippen LogP contribution in [0.25, 0.3) is 0 Å². The molecule has 0 aromatic heterocycles. The van der Waals surface area contributed by atoms with E-state index < -0.39 is 10.0 Å². The van der Waals surface area contributed by atoms with E-state index in [0.717, 1.165) is 11.9 Å². The quantitative estimate of drug-likeness (QED) is 0.891. The zero-order valence-electron chi connectivity index (χ0n) is 12.5. The lowest BCUT2D eigenvalue weighted by Crippen LogP contribution is -2.12. The van der Waals surface area contributed by atoms with Crippen LogP contribution in [0.3, 0.4) is 0 Å². The van der Waals surface area contributed by atoms with Crippen molar-refractivity contribution in [1.29, 1.82) is 0 Å². The summed E-state index contributed by atoms with van der Waals surface area (Å²) < 4.78 is 25.3. The van der Waals surface area contributed by atoms with E-state index in [0.29, 0.717) is 12.2 Å². The van der Waals surface area contributed by atoms with Crippen LogP contribution in [0.1, 0.15) is 16.7 Å². The average molecular weight is 304 g/mol. The van der Waals surface area contributed by atoms with E-state index in [1.54, 1.807) is 12.1 Å². The summed E-state index contributed by atoms with van der Waals surface area (Å²) in [4.78, 5) is 0. The largest absolute Gasteiger partial charge is 0.379 e. The molecule has 0 spiro atoms. The highest BCUT2D eigenvalue weighted by atomic mass is 32.2. The Morgan fingerprint density at radius 2 is 1.67 bits per heavy atom. The van der Waals surface area contributed by atoms with E-state index in [-0.39, 0.29) is 0 Å². The molecule has 0 unspecified atom stereocenters. The van der Waals surface area contributed by atoms with E-state index in [1.165, 1.54) is 16.7 Å². The number of hydrogen-bond donors (Lipinski definition) is 2. The van der Waals surface area contributed by atoms with Gasteiger partial charge in [-0.1, -0.05) is 35.9 Å². The van der Waals surface area contributed by atoms with Gasteiger partial charge in [0.2, 0.25) is 10.0 Å². The van der Waals surface area contributed by atoms with Gasteiger partial charge in [-0.25, -0.2) is 8.42 Å². The van der Waals surface area contributed by atoms with Crippen LogP contribution in [0.15, 0.2) is 42.5 Å². The fourth-order valence-electron chi connectivity index (χ4n) is 2.16. The zero-order chi connectivity index (χ0) is 15.5. The fraction of sp³-hybridized carbons (Fsp3) is 0.250. The van der Waals surface area contributed by atoms with Crippen molar-refractivity contribution in [3.63, 3.8) is 0 Å². The Morgan fingerprint density at radius 3 is 2.29 bits per heavy atom. The number of rotatable bonds is 5. The summed E-state index contributed by atoms with van der Waals surface area (Å²) in [7, 11) is -3.29. The Morgan fingerprint density at radius 1 is 1.00 bits per heavy atom. The molecule has 21 heavy (non-hydrogen) atoms. The molecule has 0 saturated carbocycles. The van der Waals surface area contributed by atoms with Crippen LogP contribution in [-0.2, 0) is 16.6 Å². The van der Waals surface area contributed by atoms with Gasteiger partial charge in [-0.05, 0) is 37.1 Å². The number of para-hydroxylation sites is 2. The SMILES string of the molecule is Cc1ccc(CNc2ccccc2NS(C)(=O)=O)c(C)c1. The predicted molar refractivity (Wildman–Crippen MR) is 88.2 cm³/mol.